The Labute approximate surface area is 180 Å². The van der Waals surface area contributed by atoms with Gasteiger partial charge in [-0.05, 0) is 35.7 Å². The lowest BCUT2D eigenvalue weighted by molar-refractivity contribution is -0.120. The Morgan fingerprint density at radius 1 is 1.00 bits per heavy atom. The lowest BCUT2D eigenvalue weighted by Gasteiger charge is -2.07. The Morgan fingerprint density at radius 2 is 1.77 bits per heavy atom. The minimum absolute atomic E-state index is 0.0368. The van der Waals surface area contributed by atoms with E-state index in [2.05, 4.69) is 30.7 Å². The third-order valence-corrected chi connectivity index (χ3v) is 4.70. The largest absolute Gasteiger partial charge is 0.350 e. The van der Waals surface area contributed by atoms with Gasteiger partial charge in [-0.2, -0.15) is 5.10 Å². The van der Waals surface area contributed by atoms with E-state index in [0.717, 1.165) is 33.6 Å². The summed E-state index contributed by atoms with van der Waals surface area (Å²) in [5, 5.41) is 10.1. The summed E-state index contributed by atoms with van der Waals surface area (Å²) in [4.78, 5) is 25.2. The lowest BCUT2D eigenvalue weighted by Crippen LogP contribution is -2.25. The summed E-state index contributed by atoms with van der Waals surface area (Å²) in [7, 11) is 1.85. The van der Waals surface area contributed by atoms with E-state index in [4.69, 9.17) is 0 Å². The van der Waals surface area contributed by atoms with E-state index in [1.165, 1.54) is 0 Å². The van der Waals surface area contributed by atoms with Crippen molar-refractivity contribution in [2.45, 2.75) is 19.9 Å². The maximum absolute atomic E-state index is 12.2. The van der Waals surface area contributed by atoms with Crippen LogP contribution in [0.5, 0.6) is 0 Å². The van der Waals surface area contributed by atoms with Crippen LogP contribution in [0.4, 0.5) is 11.6 Å². The van der Waals surface area contributed by atoms with Crippen molar-refractivity contribution in [3.8, 4) is 11.1 Å². The fourth-order valence-electron chi connectivity index (χ4n) is 3.10. The molecule has 0 aliphatic heterocycles. The van der Waals surface area contributed by atoms with Crippen LogP contribution in [0.3, 0.4) is 0 Å². The number of hydrogen-bond donors (Lipinski definition) is 2. The highest BCUT2D eigenvalue weighted by atomic mass is 16.1. The maximum Gasteiger partial charge on any atom is 0.227 e. The Balaban J connectivity index is 1.32. The van der Waals surface area contributed by atoms with Crippen LogP contribution in [-0.2, 0) is 24.8 Å². The van der Waals surface area contributed by atoms with Crippen molar-refractivity contribution >= 4 is 17.5 Å². The van der Waals surface area contributed by atoms with Crippen molar-refractivity contribution in [2.24, 2.45) is 7.05 Å². The van der Waals surface area contributed by atoms with E-state index in [0.29, 0.717) is 18.9 Å². The molecule has 31 heavy (non-hydrogen) atoms. The predicted molar refractivity (Wildman–Crippen MR) is 118 cm³/mol. The van der Waals surface area contributed by atoms with Gasteiger partial charge >= 0.3 is 0 Å². The molecule has 0 aliphatic rings. The van der Waals surface area contributed by atoms with Crippen LogP contribution in [0.1, 0.15) is 16.8 Å². The molecule has 2 N–H and O–H groups in total. The zero-order valence-corrected chi connectivity index (χ0v) is 17.4. The lowest BCUT2D eigenvalue weighted by atomic mass is 10.1. The van der Waals surface area contributed by atoms with E-state index >= 15 is 0 Å². The van der Waals surface area contributed by atoms with E-state index in [1.807, 2.05) is 56.6 Å². The highest BCUT2D eigenvalue weighted by molar-refractivity contribution is 5.78. The number of nitrogens with one attached hydrogen (secondary N) is 2. The number of benzene rings is 1. The Morgan fingerprint density at radius 3 is 2.45 bits per heavy atom. The highest BCUT2D eigenvalue weighted by Crippen LogP contribution is 2.20. The van der Waals surface area contributed by atoms with Crippen LogP contribution in [0.15, 0.2) is 67.4 Å². The number of amides is 1. The number of aromatic nitrogens is 5. The molecule has 1 aromatic carbocycles. The Kier molecular flexibility index (Phi) is 5.98. The van der Waals surface area contributed by atoms with Gasteiger partial charge in [-0.1, -0.05) is 24.3 Å². The molecule has 0 aliphatic carbocycles. The van der Waals surface area contributed by atoms with Gasteiger partial charge in [0.05, 0.1) is 30.5 Å². The zero-order chi connectivity index (χ0) is 21.6. The number of rotatable bonds is 7. The van der Waals surface area contributed by atoms with Gasteiger partial charge in [0.1, 0.15) is 0 Å². The second-order valence-electron chi connectivity index (χ2n) is 7.30. The van der Waals surface area contributed by atoms with Gasteiger partial charge in [0.15, 0.2) is 0 Å². The third kappa shape index (κ3) is 5.51. The average molecular weight is 413 g/mol. The minimum Gasteiger partial charge on any atom is -0.350 e. The quantitative estimate of drug-likeness (QED) is 0.483. The summed E-state index contributed by atoms with van der Waals surface area (Å²) in [6.45, 7) is 2.43. The third-order valence-electron chi connectivity index (χ3n) is 4.70. The first-order chi connectivity index (χ1) is 15.0. The van der Waals surface area contributed by atoms with E-state index in [1.54, 1.807) is 29.5 Å². The number of carbonyl (C=O) groups excluding carboxylic acids is 1. The molecule has 0 atom stereocenters. The molecule has 0 bridgehead atoms. The first-order valence-corrected chi connectivity index (χ1v) is 9.90. The number of nitrogens with zero attached hydrogens (tertiary/aromatic N) is 5. The van der Waals surface area contributed by atoms with Crippen LogP contribution in [0.2, 0.25) is 0 Å². The first-order valence-electron chi connectivity index (χ1n) is 9.90. The number of aryl methyl sites for hydroxylation is 2. The van der Waals surface area contributed by atoms with E-state index in [-0.39, 0.29) is 5.91 Å². The molecule has 0 radical (unpaired) electrons. The van der Waals surface area contributed by atoms with Crippen LogP contribution < -0.4 is 10.6 Å². The maximum atomic E-state index is 12.2. The molecule has 0 saturated heterocycles. The topological polar surface area (TPSA) is 97.6 Å². The summed E-state index contributed by atoms with van der Waals surface area (Å²) in [5.74, 6) is 0.471. The number of pyridine rings is 1. The molecule has 8 nitrogen and oxygen atoms in total. The van der Waals surface area contributed by atoms with Crippen molar-refractivity contribution in [1.82, 2.24) is 30.0 Å². The van der Waals surface area contributed by atoms with Gasteiger partial charge in [0.2, 0.25) is 11.9 Å². The van der Waals surface area contributed by atoms with Crippen molar-refractivity contribution in [2.75, 3.05) is 5.32 Å². The smallest absolute Gasteiger partial charge is 0.227 e. The molecule has 0 unspecified atom stereocenters. The Hall–Kier alpha value is -4.07. The summed E-state index contributed by atoms with van der Waals surface area (Å²) in [6.07, 6.45) is 9.16. The molecule has 3 aromatic heterocycles. The summed E-state index contributed by atoms with van der Waals surface area (Å²) < 4.78 is 1.71. The summed E-state index contributed by atoms with van der Waals surface area (Å²) in [6, 6.07) is 11.7. The molecule has 4 rings (SSSR count). The monoisotopic (exact) mass is 413 g/mol. The molecule has 1 amide bonds. The molecule has 8 heteroatoms. The normalized spacial score (nSPS) is 10.6. The van der Waals surface area contributed by atoms with Gasteiger partial charge in [0.25, 0.3) is 0 Å². The number of carbonyl (C=O) groups is 1. The van der Waals surface area contributed by atoms with Gasteiger partial charge in [0, 0.05) is 37.4 Å². The average Bonchev–Trinajstić information content (AvgIpc) is 3.18. The molecule has 4 aromatic rings. The van der Waals surface area contributed by atoms with E-state index < -0.39 is 0 Å². The van der Waals surface area contributed by atoms with Gasteiger partial charge in [-0.15, -0.1) is 0 Å². The first kappa shape index (κ1) is 20.2. The molecule has 0 saturated carbocycles. The SMILES string of the molecule is Cc1ccnc(CNC(=O)Cc2ccc(-c3cnc(Nc4cnn(C)c4)nc3)cc2)c1. The van der Waals surface area contributed by atoms with Crippen LogP contribution in [0, 0.1) is 6.92 Å². The van der Waals surface area contributed by atoms with Crippen molar-refractivity contribution in [3.63, 3.8) is 0 Å². The standard InChI is InChI=1S/C23H23N7O/c1-16-7-8-24-20(9-16)13-25-22(31)10-17-3-5-18(6-4-17)19-11-26-23(27-12-19)29-21-14-28-30(2)15-21/h3-9,11-12,14-15H,10,13H2,1-2H3,(H,25,31)(H,26,27,29). The molecule has 3 heterocycles. The van der Waals surface area contributed by atoms with Crippen LogP contribution in [0.25, 0.3) is 11.1 Å². The second-order valence-corrected chi connectivity index (χ2v) is 7.30. The predicted octanol–water partition coefficient (Wildman–Crippen LogP) is 3.18. The molecule has 0 fully saturated rings. The van der Waals surface area contributed by atoms with Gasteiger partial charge in [-0.25, -0.2) is 9.97 Å². The molecule has 0 spiro atoms. The zero-order valence-electron chi connectivity index (χ0n) is 17.4. The molecular weight excluding hydrogens is 390 g/mol. The van der Waals surface area contributed by atoms with Crippen molar-refractivity contribution in [1.29, 1.82) is 0 Å². The van der Waals surface area contributed by atoms with Crippen molar-refractivity contribution < 1.29 is 4.79 Å². The van der Waals surface area contributed by atoms with Crippen LogP contribution in [-0.4, -0.2) is 30.6 Å². The molecule has 156 valence electrons. The van der Waals surface area contributed by atoms with Crippen molar-refractivity contribution in [3.05, 3.63) is 84.2 Å². The fraction of sp³-hybridized carbons (Fsp3) is 0.174. The molecular formula is C23H23N7O. The minimum atomic E-state index is -0.0368. The number of hydrogen-bond acceptors (Lipinski definition) is 6. The summed E-state index contributed by atoms with van der Waals surface area (Å²) in [5.41, 5.74) is 5.63. The Bertz CT molecular complexity index is 1170. The number of anilines is 2. The van der Waals surface area contributed by atoms with Crippen LogP contribution >= 0.6 is 0 Å². The van der Waals surface area contributed by atoms with E-state index in [9.17, 15) is 4.79 Å². The highest BCUT2D eigenvalue weighted by Gasteiger charge is 2.06. The summed E-state index contributed by atoms with van der Waals surface area (Å²) >= 11 is 0. The fourth-order valence-corrected chi connectivity index (χ4v) is 3.10. The second kappa shape index (κ2) is 9.17. The van der Waals surface area contributed by atoms with Gasteiger partial charge in [-0.3, -0.25) is 14.5 Å². The van der Waals surface area contributed by atoms with Gasteiger partial charge < -0.3 is 10.6 Å².